The quantitative estimate of drug-likeness (QED) is 0.871. The number of anilines is 1. The van der Waals surface area contributed by atoms with Crippen molar-refractivity contribution in [1.82, 2.24) is 5.32 Å². The minimum atomic E-state index is 0.333. The second-order valence-corrected chi connectivity index (χ2v) is 5.01. The first kappa shape index (κ1) is 13.5. The van der Waals surface area contributed by atoms with Crippen molar-refractivity contribution in [2.75, 3.05) is 38.2 Å². The fourth-order valence-electron chi connectivity index (χ4n) is 2.26. The lowest BCUT2D eigenvalue weighted by molar-refractivity contribution is 0.408. The molecule has 1 unspecified atom stereocenters. The van der Waals surface area contributed by atoms with E-state index in [2.05, 4.69) is 16.3 Å². The summed E-state index contributed by atoms with van der Waals surface area (Å²) in [6.07, 6.45) is 0. The summed E-state index contributed by atoms with van der Waals surface area (Å²) >= 11 is 6.13. The highest BCUT2D eigenvalue weighted by Crippen LogP contribution is 2.34. The van der Waals surface area contributed by atoms with E-state index < -0.39 is 0 Å². The third kappa shape index (κ3) is 2.71. The molecule has 100 valence electrons. The molecule has 0 spiro atoms. The van der Waals surface area contributed by atoms with E-state index >= 15 is 0 Å². The van der Waals surface area contributed by atoms with Crippen LogP contribution in [0.25, 0.3) is 0 Å². The first-order valence-corrected chi connectivity index (χ1v) is 6.56. The third-order valence-electron chi connectivity index (χ3n) is 3.34. The Bertz CT molecular complexity index is 425. The van der Waals surface area contributed by atoms with Gasteiger partial charge in [-0.2, -0.15) is 0 Å². The number of nitrogens with one attached hydrogen (secondary N) is 1. The average Bonchev–Trinajstić information content (AvgIpc) is 2.41. The predicted molar refractivity (Wildman–Crippen MR) is 75.8 cm³/mol. The zero-order chi connectivity index (χ0) is 13.1. The molecule has 1 fully saturated rings. The van der Waals surface area contributed by atoms with Gasteiger partial charge in [0.1, 0.15) is 5.75 Å². The molecular weight excluding hydrogens is 250 g/mol. The van der Waals surface area contributed by atoms with Gasteiger partial charge in [-0.05, 0) is 18.6 Å². The Morgan fingerprint density at radius 1 is 1.56 bits per heavy atom. The molecule has 0 aromatic heterocycles. The minimum Gasteiger partial charge on any atom is -0.495 e. The summed E-state index contributed by atoms with van der Waals surface area (Å²) in [5.74, 6) is 0.822. The number of rotatable bonds is 3. The average molecular weight is 270 g/mol. The maximum absolute atomic E-state index is 6.13. The summed E-state index contributed by atoms with van der Waals surface area (Å²) in [5.41, 5.74) is 7.89. The zero-order valence-corrected chi connectivity index (χ0v) is 11.6. The summed E-state index contributed by atoms with van der Waals surface area (Å²) in [7, 11) is 1.67. The van der Waals surface area contributed by atoms with Gasteiger partial charge in [-0.1, -0.05) is 11.6 Å². The normalized spacial score (nSPS) is 20.0. The SMILES string of the molecule is COc1cc(Cl)c(C)cc1N1CCNC(CN)C1. The van der Waals surface area contributed by atoms with Crippen LogP contribution in [0.1, 0.15) is 5.56 Å². The van der Waals surface area contributed by atoms with Crippen LogP contribution in [0.3, 0.4) is 0 Å². The fraction of sp³-hybridized carbons (Fsp3) is 0.538. The Hall–Kier alpha value is -0.970. The largest absolute Gasteiger partial charge is 0.495 e. The molecule has 0 saturated carbocycles. The molecule has 0 bridgehead atoms. The maximum atomic E-state index is 6.13. The number of nitrogens with zero attached hydrogens (tertiary/aromatic N) is 1. The van der Waals surface area contributed by atoms with Crippen LogP contribution in [-0.4, -0.2) is 39.3 Å². The van der Waals surface area contributed by atoms with Crippen molar-refractivity contribution in [3.05, 3.63) is 22.7 Å². The van der Waals surface area contributed by atoms with Gasteiger partial charge in [0.15, 0.2) is 0 Å². The molecule has 5 heteroatoms. The van der Waals surface area contributed by atoms with E-state index in [0.29, 0.717) is 12.6 Å². The van der Waals surface area contributed by atoms with Crippen molar-refractivity contribution >= 4 is 17.3 Å². The standard InChI is InChI=1S/C13H20ClN3O/c1-9-5-12(13(18-2)6-11(9)14)17-4-3-16-10(7-15)8-17/h5-6,10,16H,3-4,7-8,15H2,1-2H3. The molecule has 1 atom stereocenters. The molecule has 1 aromatic carbocycles. The van der Waals surface area contributed by atoms with Gasteiger partial charge in [0.05, 0.1) is 12.8 Å². The molecule has 18 heavy (non-hydrogen) atoms. The molecule has 1 heterocycles. The Morgan fingerprint density at radius 3 is 3.00 bits per heavy atom. The first-order chi connectivity index (χ1) is 8.65. The molecule has 0 radical (unpaired) electrons. The molecular formula is C13H20ClN3O. The van der Waals surface area contributed by atoms with Gasteiger partial charge < -0.3 is 20.7 Å². The van der Waals surface area contributed by atoms with Gasteiger partial charge in [-0.3, -0.25) is 0 Å². The highest BCUT2D eigenvalue weighted by Gasteiger charge is 2.21. The lowest BCUT2D eigenvalue weighted by Gasteiger charge is -2.35. The summed E-state index contributed by atoms with van der Waals surface area (Å²) in [5, 5.41) is 4.14. The highest BCUT2D eigenvalue weighted by molar-refractivity contribution is 6.31. The number of benzene rings is 1. The maximum Gasteiger partial charge on any atom is 0.143 e. The molecule has 4 nitrogen and oxygen atoms in total. The summed E-state index contributed by atoms with van der Waals surface area (Å²) < 4.78 is 5.43. The topological polar surface area (TPSA) is 50.5 Å². The fourth-order valence-corrected chi connectivity index (χ4v) is 2.41. The molecule has 2 rings (SSSR count). The van der Waals surface area contributed by atoms with E-state index in [0.717, 1.165) is 41.7 Å². The van der Waals surface area contributed by atoms with Gasteiger partial charge in [0.2, 0.25) is 0 Å². The van der Waals surface area contributed by atoms with Crippen LogP contribution in [0, 0.1) is 6.92 Å². The molecule has 0 aliphatic carbocycles. The first-order valence-electron chi connectivity index (χ1n) is 6.18. The Morgan fingerprint density at radius 2 is 2.33 bits per heavy atom. The van der Waals surface area contributed by atoms with Crippen LogP contribution in [-0.2, 0) is 0 Å². The molecule has 1 aliphatic rings. The molecule has 1 aliphatic heterocycles. The predicted octanol–water partition coefficient (Wildman–Crippen LogP) is 1.39. The molecule has 3 N–H and O–H groups in total. The van der Waals surface area contributed by atoms with E-state index in [1.165, 1.54) is 0 Å². The van der Waals surface area contributed by atoms with Crippen molar-refractivity contribution in [2.45, 2.75) is 13.0 Å². The highest BCUT2D eigenvalue weighted by atomic mass is 35.5. The van der Waals surface area contributed by atoms with Crippen molar-refractivity contribution in [3.8, 4) is 5.75 Å². The van der Waals surface area contributed by atoms with Crippen LogP contribution < -0.4 is 20.7 Å². The number of piperazine rings is 1. The van der Waals surface area contributed by atoms with Crippen molar-refractivity contribution in [3.63, 3.8) is 0 Å². The summed E-state index contributed by atoms with van der Waals surface area (Å²) in [6, 6.07) is 4.30. The number of ether oxygens (including phenoxy) is 1. The van der Waals surface area contributed by atoms with E-state index in [-0.39, 0.29) is 0 Å². The summed E-state index contributed by atoms with van der Waals surface area (Å²) in [4.78, 5) is 2.30. The second kappa shape index (κ2) is 5.78. The lowest BCUT2D eigenvalue weighted by Crippen LogP contribution is -2.53. The van der Waals surface area contributed by atoms with Crippen molar-refractivity contribution < 1.29 is 4.74 Å². The van der Waals surface area contributed by atoms with Crippen LogP contribution in [0.15, 0.2) is 12.1 Å². The lowest BCUT2D eigenvalue weighted by atomic mass is 10.1. The number of hydrogen-bond acceptors (Lipinski definition) is 4. The number of halogens is 1. The number of methoxy groups -OCH3 is 1. The Kier molecular flexibility index (Phi) is 4.32. The smallest absolute Gasteiger partial charge is 0.143 e. The zero-order valence-electron chi connectivity index (χ0n) is 10.9. The van der Waals surface area contributed by atoms with Gasteiger partial charge >= 0.3 is 0 Å². The number of nitrogens with two attached hydrogens (primary N) is 1. The van der Waals surface area contributed by atoms with Gasteiger partial charge in [0.25, 0.3) is 0 Å². The van der Waals surface area contributed by atoms with Gasteiger partial charge in [-0.25, -0.2) is 0 Å². The Balaban J connectivity index is 2.28. The van der Waals surface area contributed by atoms with Gasteiger partial charge in [0, 0.05) is 43.3 Å². The van der Waals surface area contributed by atoms with Crippen molar-refractivity contribution in [1.29, 1.82) is 0 Å². The van der Waals surface area contributed by atoms with Crippen molar-refractivity contribution in [2.24, 2.45) is 5.73 Å². The number of aryl methyl sites for hydroxylation is 1. The van der Waals surface area contributed by atoms with Gasteiger partial charge in [-0.15, -0.1) is 0 Å². The van der Waals surface area contributed by atoms with Crippen LogP contribution in [0.4, 0.5) is 5.69 Å². The van der Waals surface area contributed by atoms with E-state index in [1.54, 1.807) is 7.11 Å². The Labute approximate surface area is 113 Å². The van der Waals surface area contributed by atoms with E-state index in [4.69, 9.17) is 22.1 Å². The van der Waals surface area contributed by atoms with E-state index in [9.17, 15) is 0 Å². The summed E-state index contributed by atoms with van der Waals surface area (Å²) in [6.45, 7) is 5.44. The second-order valence-electron chi connectivity index (χ2n) is 4.61. The van der Waals surface area contributed by atoms with Crippen LogP contribution in [0.2, 0.25) is 5.02 Å². The monoisotopic (exact) mass is 269 g/mol. The third-order valence-corrected chi connectivity index (χ3v) is 3.75. The van der Waals surface area contributed by atoms with E-state index in [1.807, 2.05) is 13.0 Å². The van der Waals surface area contributed by atoms with Crippen LogP contribution >= 0.6 is 11.6 Å². The van der Waals surface area contributed by atoms with Crippen LogP contribution in [0.5, 0.6) is 5.75 Å². The number of hydrogen-bond donors (Lipinski definition) is 2. The minimum absolute atomic E-state index is 0.333. The molecule has 1 saturated heterocycles. The molecule has 0 amide bonds. The molecule has 1 aromatic rings.